The summed E-state index contributed by atoms with van der Waals surface area (Å²) in [5.41, 5.74) is 3.76. The number of hydrogen-bond donors (Lipinski definition) is 5. The molecule has 0 aliphatic carbocycles. The summed E-state index contributed by atoms with van der Waals surface area (Å²) in [4.78, 5) is 41.3. The van der Waals surface area contributed by atoms with Gasteiger partial charge in [0.1, 0.15) is 18.0 Å². The summed E-state index contributed by atoms with van der Waals surface area (Å²) < 4.78 is 5.89. The van der Waals surface area contributed by atoms with Crippen LogP contribution in [-0.4, -0.2) is 76.6 Å². The molecule has 1 aliphatic heterocycles. The van der Waals surface area contributed by atoms with Crippen LogP contribution in [0.3, 0.4) is 0 Å². The normalized spacial score (nSPS) is 17.3. The highest BCUT2D eigenvalue weighted by Crippen LogP contribution is 2.22. The van der Waals surface area contributed by atoms with Gasteiger partial charge in [-0.25, -0.2) is 4.79 Å². The number of amides is 4. The lowest BCUT2D eigenvalue weighted by molar-refractivity contribution is -0.129. The molecule has 252 valence electrons. The summed E-state index contributed by atoms with van der Waals surface area (Å²) in [6, 6.07) is 22.6. The molecule has 1 fully saturated rings. The average Bonchev–Trinajstić information content (AvgIpc) is 3.02. The highest BCUT2D eigenvalue weighted by Gasteiger charge is 2.37. The fourth-order valence-electron chi connectivity index (χ4n) is 6.13. The number of benzene rings is 3. The lowest BCUT2D eigenvalue weighted by atomic mass is 9.92. The Balaban J connectivity index is 1.52. The smallest absolute Gasteiger partial charge is 0.320 e. The minimum absolute atomic E-state index is 0.145. The van der Waals surface area contributed by atoms with Gasteiger partial charge in [0.2, 0.25) is 5.91 Å². The molecule has 10 heteroatoms. The van der Waals surface area contributed by atoms with Gasteiger partial charge in [-0.3, -0.25) is 9.59 Å². The number of carbonyl (C=O) groups excluding carboxylic acids is 3. The Morgan fingerprint density at radius 1 is 0.915 bits per heavy atom. The molecule has 47 heavy (non-hydrogen) atoms. The van der Waals surface area contributed by atoms with Crippen molar-refractivity contribution in [1.29, 1.82) is 0 Å². The van der Waals surface area contributed by atoms with Crippen LogP contribution in [0.25, 0.3) is 0 Å². The maximum absolute atomic E-state index is 13.8. The topological polar surface area (TPSA) is 140 Å². The molecular weight excluding hydrogens is 596 g/mol. The van der Waals surface area contributed by atoms with Crippen molar-refractivity contribution in [2.24, 2.45) is 5.92 Å². The van der Waals surface area contributed by atoms with Crippen LogP contribution >= 0.6 is 0 Å². The van der Waals surface area contributed by atoms with E-state index < -0.39 is 36.5 Å². The van der Waals surface area contributed by atoms with E-state index in [0.717, 1.165) is 22.3 Å². The van der Waals surface area contributed by atoms with E-state index in [0.29, 0.717) is 25.0 Å². The third kappa shape index (κ3) is 10.3. The zero-order valence-corrected chi connectivity index (χ0v) is 27.7. The van der Waals surface area contributed by atoms with Crippen LogP contribution in [0.15, 0.2) is 78.9 Å². The number of urea groups is 1. The monoisotopic (exact) mass is 644 g/mol. The number of hydrogen-bond acceptors (Lipinski definition) is 6. The first-order chi connectivity index (χ1) is 22.5. The van der Waals surface area contributed by atoms with E-state index in [1.807, 2.05) is 107 Å². The fourth-order valence-corrected chi connectivity index (χ4v) is 6.13. The molecule has 3 aromatic carbocycles. The minimum Gasteiger partial charge on any atom is -0.483 e. The van der Waals surface area contributed by atoms with Gasteiger partial charge in [-0.05, 0) is 61.3 Å². The minimum atomic E-state index is -1.03. The van der Waals surface area contributed by atoms with Crippen molar-refractivity contribution in [2.75, 3.05) is 13.2 Å². The van der Waals surface area contributed by atoms with Crippen molar-refractivity contribution in [2.45, 2.75) is 83.8 Å². The van der Waals surface area contributed by atoms with Gasteiger partial charge in [0.15, 0.2) is 6.61 Å². The Bertz CT molecular complexity index is 1450. The van der Waals surface area contributed by atoms with Crippen molar-refractivity contribution in [1.82, 2.24) is 20.9 Å². The number of aliphatic hydroxyl groups excluding tert-OH is 2. The standard InChI is InChI=1S/C37H48N4O6/c1-24(2)34(41-19-18-32(43)40-37(41)46)36(45)38-29(20-27-14-7-5-8-15-27)22-31(42)30(21-28-16-9-6-10-17-28)39-33(44)23-47-35-25(3)12-11-13-26(35)4/h5-17,24,29-32,34,42-43H,18-23H2,1-4H3,(H,38,45)(H,39,44)(H,40,46)/t29-,30-,31-,32-,34?/m0/s1. The van der Waals surface area contributed by atoms with Crippen LogP contribution in [-0.2, 0) is 22.4 Å². The van der Waals surface area contributed by atoms with Crippen LogP contribution in [0.1, 0.15) is 48.9 Å². The van der Waals surface area contributed by atoms with Gasteiger partial charge in [0, 0.05) is 19.0 Å². The Morgan fingerprint density at radius 2 is 1.51 bits per heavy atom. The lowest BCUT2D eigenvalue weighted by Gasteiger charge is -2.38. The Kier molecular flexibility index (Phi) is 12.8. The predicted molar refractivity (Wildman–Crippen MR) is 181 cm³/mol. The number of para-hydroxylation sites is 1. The van der Waals surface area contributed by atoms with E-state index in [2.05, 4.69) is 16.0 Å². The third-order valence-electron chi connectivity index (χ3n) is 8.49. The predicted octanol–water partition coefficient (Wildman–Crippen LogP) is 3.65. The molecule has 1 aliphatic rings. The van der Waals surface area contributed by atoms with Crippen LogP contribution in [0, 0.1) is 19.8 Å². The summed E-state index contributed by atoms with van der Waals surface area (Å²) in [6.07, 6.45) is -0.721. The molecule has 5 N–H and O–H groups in total. The Labute approximate surface area is 277 Å². The maximum atomic E-state index is 13.8. The van der Waals surface area contributed by atoms with Crippen LogP contribution in [0.5, 0.6) is 5.75 Å². The molecule has 0 radical (unpaired) electrons. The van der Waals surface area contributed by atoms with Gasteiger partial charge >= 0.3 is 6.03 Å². The molecular formula is C37H48N4O6. The third-order valence-corrected chi connectivity index (χ3v) is 8.49. The number of rotatable bonds is 15. The summed E-state index contributed by atoms with van der Waals surface area (Å²) in [6.45, 7) is 7.62. The highest BCUT2D eigenvalue weighted by atomic mass is 16.5. The molecule has 0 bridgehead atoms. The first-order valence-electron chi connectivity index (χ1n) is 16.3. The molecule has 0 spiro atoms. The van der Waals surface area contributed by atoms with E-state index >= 15 is 0 Å². The highest BCUT2D eigenvalue weighted by molar-refractivity contribution is 5.88. The second-order valence-corrected chi connectivity index (χ2v) is 12.7. The van der Waals surface area contributed by atoms with Gasteiger partial charge in [-0.2, -0.15) is 0 Å². The molecule has 1 unspecified atom stereocenters. The van der Waals surface area contributed by atoms with Gasteiger partial charge < -0.3 is 35.8 Å². The van der Waals surface area contributed by atoms with Crippen LogP contribution < -0.4 is 20.7 Å². The molecule has 1 saturated heterocycles. The second kappa shape index (κ2) is 16.9. The number of ether oxygens (including phenoxy) is 1. The van der Waals surface area contributed by atoms with Crippen molar-refractivity contribution in [3.63, 3.8) is 0 Å². The van der Waals surface area contributed by atoms with Crippen LogP contribution in [0.4, 0.5) is 4.79 Å². The SMILES string of the molecule is Cc1cccc(C)c1OCC(=O)N[C@@H](Cc1ccccc1)[C@@H](O)C[C@H](Cc1ccccc1)NC(=O)C(C(C)C)N1CC[C@H](O)NC1=O. The molecule has 10 nitrogen and oxygen atoms in total. The second-order valence-electron chi connectivity index (χ2n) is 12.7. The largest absolute Gasteiger partial charge is 0.483 e. The average molecular weight is 645 g/mol. The van der Waals surface area contributed by atoms with Crippen molar-refractivity contribution < 1.29 is 29.3 Å². The molecule has 0 saturated carbocycles. The maximum Gasteiger partial charge on any atom is 0.320 e. The van der Waals surface area contributed by atoms with Gasteiger partial charge in [-0.1, -0.05) is 92.7 Å². The number of nitrogens with one attached hydrogen (secondary N) is 3. The lowest BCUT2D eigenvalue weighted by Crippen LogP contribution is -2.61. The van der Waals surface area contributed by atoms with Crippen molar-refractivity contribution >= 4 is 17.8 Å². The number of aryl methyl sites for hydroxylation is 2. The molecule has 3 aromatic rings. The van der Waals surface area contributed by atoms with E-state index in [1.54, 1.807) is 0 Å². The van der Waals surface area contributed by atoms with Crippen LogP contribution in [0.2, 0.25) is 0 Å². The molecule has 4 amide bonds. The number of carbonyl (C=O) groups is 3. The van der Waals surface area contributed by atoms with E-state index in [4.69, 9.17) is 4.74 Å². The first-order valence-corrected chi connectivity index (χ1v) is 16.3. The fraction of sp³-hybridized carbons (Fsp3) is 0.432. The van der Waals surface area contributed by atoms with E-state index in [-0.39, 0.29) is 37.3 Å². The molecule has 5 atom stereocenters. The van der Waals surface area contributed by atoms with E-state index in [1.165, 1.54) is 4.90 Å². The Morgan fingerprint density at radius 3 is 2.09 bits per heavy atom. The zero-order chi connectivity index (χ0) is 33.9. The van der Waals surface area contributed by atoms with Gasteiger partial charge in [-0.15, -0.1) is 0 Å². The number of aliphatic hydroxyl groups is 2. The van der Waals surface area contributed by atoms with Gasteiger partial charge in [0.25, 0.3) is 5.91 Å². The summed E-state index contributed by atoms with van der Waals surface area (Å²) in [5.74, 6) is -0.259. The first kappa shape index (κ1) is 35.4. The number of nitrogens with zero attached hydrogens (tertiary/aromatic N) is 1. The van der Waals surface area contributed by atoms with Crippen molar-refractivity contribution in [3.05, 3.63) is 101 Å². The van der Waals surface area contributed by atoms with Gasteiger partial charge in [0.05, 0.1) is 12.1 Å². The summed E-state index contributed by atoms with van der Waals surface area (Å²) >= 11 is 0. The molecule has 0 aromatic heterocycles. The van der Waals surface area contributed by atoms with Crippen molar-refractivity contribution in [3.8, 4) is 5.75 Å². The van der Waals surface area contributed by atoms with E-state index in [9.17, 15) is 24.6 Å². The molecule has 1 heterocycles. The summed E-state index contributed by atoms with van der Waals surface area (Å²) in [7, 11) is 0. The quantitative estimate of drug-likeness (QED) is 0.171. The zero-order valence-electron chi connectivity index (χ0n) is 27.7. The Hall–Kier alpha value is -4.41. The molecule has 4 rings (SSSR count). The summed E-state index contributed by atoms with van der Waals surface area (Å²) in [5, 5.41) is 30.2.